The Morgan fingerprint density at radius 2 is 2.27 bits per heavy atom. The molecule has 0 aliphatic carbocycles. The van der Waals surface area contributed by atoms with Gasteiger partial charge in [-0.25, -0.2) is 0 Å². The number of nitrogens with one attached hydrogen (secondary N) is 1. The van der Waals surface area contributed by atoms with E-state index in [1.165, 1.54) is 22.2 Å². The molecule has 0 bridgehead atoms. The van der Waals surface area contributed by atoms with E-state index in [9.17, 15) is 0 Å². The van der Waals surface area contributed by atoms with Crippen LogP contribution in [0.5, 0.6) is 0 Å². The average molecular weight is 221 g/mol. The summed E-state index contributed by atoms with van der Waals surface area (Å²) in [5, 5.41) is 5.56. The third-order valence-electron chi connectivity index (χ3n) is 3.22. The second kappa shape index (κ2) is 3.26. The van der Waals surface area contributed by atoms with E-state index in [4.69, 9.17) is 11.6 Å². The fourth-order valence-corrected chi connectivity index (χ4v) is 2.73. The molecule has 2 heterocycles. The largest absolute Gasteiger partial charge is 0.341 e. The SMILES string of the molecule is Cc1c2n(c3c(Cl)cccc13)CCNC2. The Bertz CT molecular complexity index is 528. The maximum Gasteiger partial charge on any atom is 0.0675 e. The van der Waals surface area contributed by atoms with Gasteiger partial charge < -0.3 is 9.88 Å². The summed E-state index contributed by atoms with van der Waals surface area (Å²) in [4.78, 5) is 0. The van der Waals surface area contributed by atoms with E-state index >= 15 is 0 Å². The summed E-state index contributed by atoms with van der Waals surface area (Å²) >= 11 is 6.27. The van der Waals surface area contributed by atoms with Gasteiger partial charge in [0.25, 0.3) is 0 Å². The highest BCUT2D eigenvalue weighted by Gasteiger charge is 2.17. The number of benzene rings is 1. The van der Waals surface area contributed by atoms with Crippen molar-refractivity contribution in [2.45, 2.75) is 20.0 Å². The van der Waals surface area contributed by atoms with Gasteiger partial charge in [0.1, 0.15) is 0 Å². The van der Waals surface area contributed by atoms with Crippen LogP contribution in [0.15, 0.2) is 18.2 Å². The summed E-state index contributed by atoms with van der Waals surface area (Å²) in [5.74, 6) is 0. The van der Waals surface area contributed by atoms with Crippen molar-refractivity contribution in [2.75, 3.05) is 6.54 Å². The Labute approximate surface area is 93.8 Å². The van der Waals surface area contributed by atoms with Crippen LogP contribution in [0, 0.1) is 6.92 Å². The number of fused-ring (bicyclic) bond motifs is 3. The van der Waals surface area contributed by atoms with Crippen LogP contribution >= 0.6 is 11.6 Å². The van der Waals surface area contributed by atoms with E-state index in [-0.39, 0.29) is 0 Å². The third-order valence-corrected chi connectivity index (χ3v) is 3.53. The van der Waals surface area contributed by atoms with Gasteiger partial charge in [-0.05, 0) is 18.6 Å². The summed E-state index contributed by atoms with van der Waals surface area (Å²) in [5.41, 5.74) is 3.94. The van der Waals surface area contributed by atoms with Gasteiger partial charge in [0.2, 0.25) is 0 Å². The predicted molar refractivity (Wildman–Crippen MR) is 63.4 cm³/mol. The van der Waals surface area contributed by atoms with Crippen LogP contribution in [-0.4, -0.2) is 11.1 Å². The van der Waals surface area contributed by atoms with Crippen LogP contribution < -0.4 is 5.32 Å². The first-order valence-corrected chi connectivity index (χ1v) is 5.64. The second-order valence-corrected chi connectivity index (χ2v) is 4.44. The van der Waals surface area contributed by atoms with E-state index in [1.54, 1.807) is 0 Å². The minimum absolute atomic E-state index is 0.865. The molecule has 1 aromatic heterocycles. The molecule has 0 fully saturated rings. The molecule has 1 aliphatic heterocycles. The molecule has 0 atom stereocenters. The zero-order valence-corrected chi connectivity index (χ0v) is 9.43. The summed E-state index contributed by atoms with van der Waals surface area (Å²) in [7, 11) is 0. The molecule has 3 rings (SSSR count). The van der Waals surface area contributed by atoms with Crippen molar-refractivity contribution in [3.63, 3.8) is 0 Å². The Kier molecular flexibility index (Phi) is 2.01. The van der Waals surface area contributed by atoms with Crippen molar-refractivity contribution >= 4 is 22.5 Å². The highest BCUT2D eigenvalue weighted by atomic mass is 35.5. The minimum Gasteiger partial charge on any atom is -0.341 e. The summed E-state index contributed by atoms with van der Waals surface area (Å²) in [6.45, 7) is 5.18. The van der Waals surface area contributed by atoms with Gasteiger partial charge in [-0.15, -0.1) is 0 Å². The van der Waals surface area contributed by atoms with E-state index < -0.39 is 0 Å². The monoisotopic (exact) mass is 220 g/mol. The van der Waals surface area contributed by atoms with Crippen LogP contribution in [0.3, 0.4) is 0 Å². The number of hydrogen-bond acceptors (Lipinski definition) is 1. The van der Waals surface area contributed by atoms with Crippen molar-refractivity contribution in [3.05, 3.63) is 34.5 Å². The molecule has 0 unspecified atom stereocenters. The van der Waals surface area contributed by atoms with Crippen molar-refractivity contribution in [1.82, 2.24) is 9.88 Å². The van der Waals surface area contributed by atoms with Crippen molar-refractivity contribution in [1.29, 1.82) is 0 Å². The number of hydrogen-bond donors (Lipinski definition) is 1. The average Bonchev–Trinajstić information content (AvgIpc) is 2.55. The second-order valence-electron chi connectivity index (χ2n) is 4.04. The first-order valence-electron chi connectivity index (χ1n) is 5.26. The quantitative estimate of drug-likeness (QED) is 0.723. The first kappa shape index (κ1) is 9.25. The van der Waals surface area contributed by atoms with Gasteiger partial charge >= 0.3 is 0 Å². The van der Waals surface area contributed by atoms with Crippen LogP contribution in [-0.2, 0) is 13.1 Å². The van der Waals surface area contributed by atoms with Gasteiger partial charge in [-0.3, -0.25) is 0 Å². The van der Waals surface area contributed by atoms with Gasteiger partial charge in [-0.1, -0.05) is 23.7 Å². The lowest BCUT2D eigenvalue weighted by molar-refractivity contribution is 0.524. The van der Waals surface area contributed by atoms with Crippen LogP contribution in [0.1, 0.15) is 11.3 Å². The van der Waals surface area contributed by atoms with E-state index in [0.717, 1.165) is 24.7 Å². The normalized spacial score (nSPS) is 15.6. The molecule has 1 aromatic carbocycles. The molecule has 78 valence electrons. The molecule has 1 N–H and O–H groups in total. The lowest BCUT2D eigenvalue weighted by atomic mass is 10.1. The number of halogens is 1. The van der Waals surface area contributed by atoms with Crippen molar-refractivity contribution in [3.8, 4) is 0 Å². The Hall–Kier alpha value is -0.990. The first-order chi connectivity index (χ1) is 7.29. The molecule has 0 amide bonds. The fraction of sp³-hybridized carbons (Fsp3) is 0.333. The molecule has 2 aromatic rings. The molecule has 3 heteroatoms. The molecule has 2 nitrogen and oxygen atoms in total. The number of aryl methyl sites for hydroxylation is 1. The number of nitrogens with zero attached hydrogens (tertiary/aromatic N) is 1. The van der Waals surface area contributed by atoms with Gasteiger partial charge in [-0.2, -0.15) is 0 Å². The Balaban J connectivity index is 2.44. The van der Waals surface area contributed by atoms with Crippen LogP contribution in [0.25, 0.3) is 10.9 Å². The Morgan fingerprint density at radius 3 is 3.13 bits per heavy atom. The predicted octanol–water partition coefficient (Wildman–Crippen LogP) is 2.71. The van der Waals surface area contributed by atoms with Gasteiger partial charge in [0, 0.05) is 30.7 Å². The lowest BCUT2D eigenvalue weighted by Crippen LogP contribution is -2.28. The maximum atomic E-state index is 6.27. The number of aromatic nitrogens is 1. The molecule has 0 saturated carbocycles. The Morgan fingerprint density at radius 1 is 1.40 bits per heavy atom. The lowest BCUT2D eigenvalue weighted by Gasteiger charge is -2.18. The van der Waals surface area contributed by atoms with Crippen LogP contribution in [0.2, 0.25) is 5.02 Å². The van der Waals surface area contributed by atoms with E-state index in [1.807, 2.05) is 12.1 Å². The molecule has 0 radical (unpaired) electrons. The summed E-state index contributed by atoms with van der Waals surface area (Å²) < 4.78 is 2.35. The zero-order valence-electron chi connectivity index (χ0n) is 8.68. The third kappa shape index (κ3) is 1.22. The number of para-hydroxylation sites is 1. The van der Waals surface area contributed by atoms with Crippen molar-refractivity contribution < 1.29 is 0 Å². The highest BCUT2D eigenvalue weighted by molar-refractivity contribution is 6.35. The van der Waals surface area contributed by atoms with Gasteiger partial charge in [0.15, 0.2) is 0 Å². The molecule has 0 spiro atoms. The highest BCUT2D eigenvalue weighted by Crippen LogP contribution is 2.31. The van der Waals surface area contributed by atoms with Crippen LogP contribution in [0.4, 0.5) is 0 Å². The minimum atomic E-state index is 0.865. The maximum absolute atomic E-state index is 6.27. The smallest absolute Gasteiger partial charge is 0.0675 e. The zero-order chi connectivity index (χ0) is 10.4. The van der Waals surface area contributed by atoms with E-state index in [2.05, 4.69) is 22.9 Å². The molecule has 1 aliphatic rings. The van der Waals surface area contributed by atoms with E-state index in [0.29, 0.717) is 0 Å². The fourth-order valence-electron chi connectivity index (χ4n) is 2.46. The van der Waals surface area contributed by atoms with Crippen molar-refractivity contribution in [2.24, 2.45) is 0 Å². The summed E-state index contributed by atoms with van der Waals surface area (Å²) in [6.07, 6.45) is 0. The topological polar surface area (TPSA) is 17.0 Å². The van der Waals surface area contributed by atoms with Gasteiger partial charge in [0.05, 0.1) is 10.5 Å². The molecule has 15 heavy (non-hydrogen) atoms. The number of rotatable bonds is 0. The molecule has 0 saturated heterocycles. The summed E-state index contributed by atoms with van der Waals surface area (Å²) in [6, 6.07) is 6.15. The standard InChI is InChI=1S/C12H13ClN2/c1-8-9-3-2-4-10(13)12(9)15-6-5-14-7-11(8)15/h2-4,14H,5-7H2,1H3. The molecular formula is C12H13ClN2. The molecular weight excluding hydrogens is 208 g/mol.